The summed E-state index contributed by atoms with van der Waals surface area (Å²) >= 11 is 0. The van der Waals surface area contributed by atoms with Crippen molar-refractivity contribution in [2.75, 3.05) is 58.5 Å². The number of amides is 1. The van der Waals surface area contributed by atoms with Crippen molar-refractivity contribution in [1.29, 1.82) is 0 Å². The molecule has 1 atom stereocenters. The smallest absolute Gasteiger partial charge is 0.224 e. The zero-order valence-electron chi connectivity index (χ0n) is 16.4. The Morgan fingerprint density at radius 1 is 1.22 bits per heavy atom. The van der Waals surface area contributed by atoms with E-state index in [2.05, 4.69) is 25.1 Å². The SMILES string of the molecule is COCCNC(=O)C1CCCN(C2CCN(c3cc(OC)ncn3)CC2)C1. The van der Waals surface area contributed by atoms with E-state index in [0.717, 1.165) is 57.7 Å². The first-order chi connectivity index (χ1) is 13.2. The van der Waals surface area contributed by atoms with Crippen LogP contribution in [0.2, 0.25) is 0 Å². The monoisotopic (exact) mass is 377 g/mol. The van der Waals surface area contributed by atoms with Gasteiger partial charge in [-0.3, -0.25) is 9.69 Å². The lowest BCUT2D eigenvalue weighted by molar-refractivity contribution is -0.127. The number of piperidine rings is 2. The number of aromatic nitrogens is 2. The highest BCUT2D eigenvalue weighted by molar-refractivity contribution is 5.78. The summed E-state index contributed by atoms with van der Waals surface area (Å²) in [4.78, 5) is 25.6. The average Bonchev–Trinajstić information content (AvgIpc) is 2.74. The van der Waals surface area contributed by atoms with Gasteiger partial charge in [-0.25, -0.2) is 9.97 Å². The molecule has 1 amide bonds. The molecule has 8 nitrogen and oxygen atoms in total. The highest BCUT2D eigenvalue weighted by Crippen LogP contribution is 2.26. The van der Waals surface area contributed by atoms with Crippen LogP contribution in [-0.2, 0) is 9.53 Å². The van der Waals surface area contributed by atoms with Gasteiger partial charge >= 0.3 is 0 Å². The fraction of sp³-hybridized carbons (Fsp3) is 0.737. The van der Waals surface area contributed by atoms with Gasteiger partial charge in [0, 0.05) is 45.4 Å². The molecule has 150 valence electrons. The summed E-state index contributed by atoms with van der Waals surface area (Å²) in [7, 11) is 3.27. The van der Waals surface area contributed by atoms with Crippen molar-refractivity contribution in [3.8, 4) is 5.88 Å². The zero-order valence-corrected chi connectivity index (χ0v) is 16.4. The maximum absolute atomic E-state index is 12.4. The molecule has 3 rings (SSSR count). The van der Waals surface area contributed by atoms with Crippen LogP contribution < -0.4 is 15.0 Å². The molecule has 0 bridgehead atoms. The second-order valence-corrected chi connectivity index (χ2v) is 7.25. The predicted octanol–water partition coefficient (Wildman–Crippen LogP) is 0.929. The highest BCUT2D eigenvalue weighted by Gasteiger charge is 2.31. The number of anilines is 1. The normalized spacial score (nSPS) is 21.9. The summed E-state index contributed by atoms with van der Waals surface area (Å²) in [6, 6.07) is 2.43. The molecule has 0 radical (unpaired) electrons. The predicted molar refractivity (Wildman–Crippen MR) is 103 cm³/mol. The molecular formula is C19H31N5O3. The maximum Gasteiger partial charge on any atom is 0.224 e. The average molecular weight is 377 g/mol. The highest BCUT2D eigenvalue weighted by atomic mass is 16.5. The quantitative estimate of drug-likeness (QED) is 0.708. The first kappa shape index (κ1) is 19.8. The third kappa shape index (κ3) is 5.29. The molecule has 8 heteroatoms. The zero-order chi connectivity index (χ0) is 19.1. The number of nitrogens with zero attached hydrogens (tertiary/aromatic N) is 4. The number of methoxy groups -OCH3 is 2. The molecule has 0 aromatic carbocycles. The van der Waals surface area contributed by atoms with Crippen molar-refractivity contribution in [3.63, 3.8) is 0 Å². The molecule has 3 heterocycles. The Morgan fingerprint density at radius 3 is 2.78 bits per heavy atom. The summed E-state index contributed by atoms with van der Waals surface area (Å²) in [6.45, 7) is 5.04. The third-order valence-electron chi connectivity index (χ3n) is 5.57. The van der Waals surface area contributed by atoms with Crippen LogP contribution in [0.25, 0.3) is 0 Å². The van der Waals surface area contributed by atoms with Gasteiger partial charge in [0.1, 0.15) is 12.1 Å². The Morgan fingerprint density at radius 2 is 2.04 bits per heavy atom. The largest absolute Gasteiger partial charge is 0.481 e. The lowest BCUT2D eigenvalue weighted by Gasteiger charge is -2.42. The van der Waals surface area contributed by atoms with Crippen LogP contribution >= 0.6 is 0 Å². The second-order valence-electron chi connectivity index (χ2n) is 7.25. The van der Waals surface area contributed by atoms with Crippen molar-refractivity contribution in [1.82, 2.24) is 20.2 Å². The topological polar surface area (TPSA) is 79.8 Å². The number of nitrogens with one attached hydrogen (secondary N) is 1. The Bertz CT molecular complexity index is 607. The minimum absolute atomic E-state index is 0.0970. The van der Waals surface area contributed by atoms with Crippen molar-refractivity contribution in [3.05, 3.63) is 12.4 Å². The van der Waals surface area contributed by atoms with E-state index < -0.39 is 0 Å². The Balaban J connectivity index is 1.49. The first-order valence-corrected chi connectivity index (χ1v) is 9.83. The van der Waals surface area contributed by atoms with Gasteiger partial charge < -0.3 is 19.7 Å². The molecule has 27 heavy (non-hydrogen) atoms. The molecule has 2 fully saturated rings. The van der Waals surface area contributed by atoms with Crippen molar-refractivity contribution in [2.45, 2.75) is 31.7 Å². The van der Waals surface area contributed by atoms with Crippen LogP contribution in [0.1, 0.15) is 25.7 Å². The number of carbonyl (C=O) groups is 1. The molecule has 2 saturated heterocycles. The van der Waals surface area contributed by atoms with E-state index in [1.54, 1.807) is 20.5 Å². The minimum Gasteiger partial charge on any atom is -0.481 e. The van der Waals surface area contributed by atoms with Gasteiger partial charge in [0.05, 0.1) is 19.6 Å². The Kier molecular flexibility index (Phi) is 7.23. The van der Waals surface area contributed by atoms with Crippen LogP contribution in [0, 0.1) is 5.92 Å². The van der Waals surface area contributed by atoms with Crippen molar-refractivity contribution < 1.29 is 14.3 Å². The summed E-state index contributed by atoms with van der Waals surface area (Å²) in [5, 5.41) is 2.99. The fourth-order valence-corrected chi connectivity index (χ4v) is 4.05. The van der Waals surface area contributed by atoms with Crippen LogP contribution in [0.5, 0.6) is 5.88 Å². The van der Waals surface area contributed by atoms with Crippen LogP contribution in [0.15, 0.2) is 12.4 Å². The van der Waals surface area contributed by atoms with E-state index in [4.69, 9.17) is 9.47 Å². The number of hydrogen-bond donors (Lipinski definition) is 1. The van der Waals surface area contributed by atoms with Gasteiger partial charge in [0.25, 0.3) is 0 Å². The molecule has 0 aliphatic carbocycles. The van der Waals surface area contributed by atoms with E-state index >= 15 is 0 Å². The maximum atomic E-state index is 12.4. The summed E-state index contributed by atoms with van der Waals surface area (Å²) in [5.41, 5.74) is 0. The molecular weight excluding hydrogens is 346 g/mol. The van der Waals surface area contributed by atoms with E-state index in [1.807, 2.05) is 6.07 Å². The summed E-state index contributed by atoms with van der Waals surface area (Å²) < 4.78 is 10.2. The number of likely N-dealkylation sites (tertiary alicyclic amines) is 1. The van der Waals surface area contributed by atoms with Gasteiger partial charge in [-0.1, -0.05) is 0 Å². The standard InChI is InChI=1S/C19H31N5O3/c1-26-11-7-20-19(25)15-4-3-8-24(13-15)16-5-9-23(10-6-16)17-12-18(27-2)22-14-21-17/h12,14-16H,3-11,13H2,1-2H3,(H,20,25). The fourth-order valence-electron chi connectivity index (χ4n) is 4.05. The van der Waals surface area contributed by atoms with Gasteiger partial charge in [0.15, 0.2) is 0 Å². The lowest BCUT2D eigenvalue weighted by Crippen LogP contribution is -2.51. The molecule has 0 saturated carbocycles. The Labute approximate surface area is 161 Å². The van der Waals surface area contributed by atoms with E-state index in [0.29, 0.717) is 25.1 Å². The lowest BCUT2D eigenvalue weighted by atomic mass is 9.93. The second kappa shape index (κ2) is 9.85. The van der Waals surface area contributed by atoms with Gasteiger partial charge in [-0.2, -0.15) is 0 Å². The molecule has 2 aliphatic rings. The molecule has 2 aliphatic heterocycles. The van der Waals surface area contributed by atoms with Crippen molar-refractivity contribution >= 4 is 11.7 Å². The van der Waals surface area contributed by atoms with E-state index in [-0.39, 0.29) is 11.8 Å². The number of hydrogen-bond acceptors (Lipinski definition) is 7. The van der Waals surface area contributed by atoms with E-state index in [1.165, 1.54) is 0 Å². The summed E-state index contributed by atoms with van der Waals surface area (Å²) in [5.74, 6) is 1.79. The molecule has 0 spiro atoms. The summed E-state index contributed by atoms with van der Waals surface area (Å²) in [6.07, 6.45) is 5.80. The van der Waals surface area contributed by atoms with Crippen LogP contribution in [0.4, 0.5) is 5.82 Å². The van der Waals surface area contributed by atoms with Crippen LogP contribution in [-0.4, -0.2) is 80.4 Å². The van der Waals surface area contributed by atoms with Gasteiger partial charge in [-0.15, -0.1) is 0 Å². The molecule has 1 unspecified atom stereocenters. The van der Waals surface area contributed by atoms with Gasteiger partial charge in [-0.05, 0) is 32.2 Å². The number of rotatable bonds is 7. The number of ether oxygens (including phenoxy) is 2. The first-order valence-electron chi connectivity index (χ1n) is 9.83. The van der Waals surface area contributed by atoms with Gasteiger partial charge in [0.2, 0.25) is 11.8 Å². The molecule has 1 N–H and O–H groups in total. The van der Waals surface area contributed by atoms with Crippen LogP contribution in [0.3, 0.4) is 0 Å². The molecule has 1 aromatic rings. The third-order valence-corrected chi connectivity index (χ3v) is 5.57. The molecule has 1 aromatic heterocycles. The number of carbonyl (C=O) groups excluding carboxylic acids is 1. The van der Waals surface area contributed by atoms with Crippen molar-refractivity contribution in [2.24, 2.45) is 5.92 Å². The Hall–Kier alpha value is -1.93. The minimum atomic E-state index is 0.0970. The van der Waals surface area contributed by atoms with E-state index in [9.17, 15) is 4.79 Å².